The molecule has 2 rings (SSSR count). The van der Waals surface area contributed by atoms with E-state index in [4.69, 9.17) is 4.74 Å². The van der Waals surface area contributed by atoms with Gasteiger partial charge >= 0.3 is 5.97 Å². The van der Waals surface area contributed by atoms with Gasteiger partial charge in [0.15, 0.2) is 0 Å². The normalized spacial score (nSPS) is 10.2. The van der Waals surface area contributed by atoms with Crippen LogP contribution < -0.4 is 5.56 Å². The molecule has 5 heteroatoms. The SMILES string of the molecule is Cc1cc[nH]c(=O)c1C(=O)OCc1cccs1. The van der Waals surface area contributed by atoms with Crippen molar-refractivity contribution < 1.29 is 9.53 Å². The molecule has 0 bridgehead atoms. The van der Waals surface area contributed by atoms with E-state index in [9.17, 15) is 9.59 Å². The molecule has 0 amide bonds. The third-order valence-electron chi connectivity index (χ3n) is 2.30. The molecule has 0 radical (unpaired) electrons. The van der Waals surface area contributed by atoms with Gasteiger partial charge in [-0.3, -0.25) is 4.79 Å². The number of hydrogen-bond acceptors (Lipinski definition) is 4. The van der Waals surface area contributed by atoms with E-state index in [-0.39, 0.29) is 12.2 Å². The molecule has 4 nitrogen and oxygen atoms in total. The van der Waals surface area contributed by atoms with Gasteiger partial charge in [-0.1, -0.05) is 6.07 Å². The van der Waals surface area contributed by atoms with Gasteiger partial charge in [0.05, 0.1) is 0 Å². The number of carbonyl (C=O) groups excluding carboxylic acids is 1. The molecule has 0 aromatic carbocycles. The number of rotatable bonds is 3. The number of esters is 1. The van der Waals surface area contributed by atoms with Crippen molar-refractivity contribution in [1.82, 2.24) is 4.98 Å². The zero-order valence-electron chi connectivity index (χ0n) is 9.23. The molecule has 0 aliphatic carbocycles. The third kappa shape index (κ3) is 2.62. The number of hydrogen-bond donors (Lipinski definition) is 1. The van der Waals surface area contributed by atoms with E-state index in [0.717, 1.165) is 4.88 Å². The zero-order chi connectivity index (χ0) is 12.3. The fourth-order valence-corrected chi connectivity index (χ4v) is 2.05. The van der Waals surface area contributed by atoms with Crippen molar-refractivity contribution in [2.24, 2.45) is 0 Å². The number of thiophene rings is 1. The summed E-state index contributed by atoms with van der Waals surface area (Å²) in [6.45, 7) is 1.90. The summed E-state index contributed by atoms with van der Waals surface area (Å²) in [6, 6.07) is 5.43. The Morgan fingerprint density at radius 3 is 2.94 bits per heavy atom. The van der Waals surface area contributed by atoms with Crippen LogP contribution in [-0.4, -0.2) is 11.0 Å². The minimum absolute atomic E-state index is 0.0732. The standard InChI is InChI=1S/C12H11NO3S/c1-8-4-5-13-11(14)10(8)12(15)16-7-9-3-2-6-17-9/h2-6H,7H2,1H3,(H,13,14). The Hall–Kier alpha value is -1.88. The monoisotopic (exact) mass is 249 g/mol. The molecule has 0 aliphatic rings. The molecule has 2 aromatic rings. The second-order valence-electron chi connectivity index (χ2n) is 3.52. The molecule has 0 saturated carbocycles. The average molecular weight is 249 g/mol. The first-order valence-corrected chi connectivity index (χ1v) is 5.94. The number of H-pyrrole nitrogens is 1. The summed E-state index contributed by atoms with van der Waals surface area (Å²) in [5.74, 6) is -0.585. The molecule has 0 unspecified atom stereocenters. The number of carbonyl (C=O) groups is 1. The molecule has 1 N–H and O–H groups in total. The number of aryl methyl sites for hydroxylation is 1. The van der Waals surface area contributed by atoms with E-state index in [0.29, 0.717) is 5.56 Å². The van der Waals surface area contributed by atoms with E-state index < -0.39 is 11.5 Å². The van der Waals surface area contributed by atoms with Crippen LogP contribution in [0.25, 0.3) is 0 Å². The molecular weight excluding hydrogens is 238 g/mol. The quantitative estimate of drug-likeness (QED) is 0.847. The molecule has 0 spiro atoms. The molecule has 2 aromatic heterocycles. The minimum Gasteiger partial charge on any atom is -0.456 e. The highest BCUT2D eigenvalue weighted by Crippen LogP contribution is 2.11. The van der Waals surface area contributed by atoms with Gasteiger partial charge < -0.3 is 9.72 Å². The van der Waals surface area contributed by atoms with Crippen LogP contribution in [-0.2, 0) is 11.3 Å². The first-order chi connectivity index (χ1) is 8.18. The lowest BCUT2D eigenvalue weighted by Gasteiger charge is -2.04. The fraction of sp³-hybridized carbons (Fsp3) is 0.167. The largest absolute Gasteiger partial charge is 0.456 e. The maximum Gasteiger partial charge on any atom is 0.344 e. The van der Waals surface area contributed by atoms with E-state index in [1.54, 1.807) is 13.0 Å². The van der Waals surface area contributed by atoms with Crippen LogP contribution in [0.2, 0.25) is 0 Å². The molecule has 2 heterocycles. The highest BCUT2D eigenvalue weighted by atomic mass is 32.1. The van der Waals surface area contributed by atoms with Crippen molar-refractivity contribution in [1.29, 1.82) is 0 Å². The van der Waals surface area contributed by atoms with Crippen LogP contribution in [0.3, 0.4) is 0 Å². The number of pyridine rings is 1. The van der Waals surface area contributed by atoms with Gasteiger partial charge in [-0.25, -0.2) is 4.79 Å². The second kappa shape index (κ2) is 4.97. The molecule has 17 heavy (non-hydrogen) atoms. The van der Waals surface area contributed by atoms with Crippen LogP contribution in [0.4, 0.5) is 0 Å². The predicted octanol–water partition coefficient (Wildman–Crippen LogP) is 2.10. The summed E-state index contributed by atoms with van der Waals surface area (Å²) in [5, 5.41) is 1.91. The number of aromatic nitrogens is 1. The number of nitrogens with one attached hydrogen (secondary N) is 1. The Bertz CT molecular complexity index is 572. The van der Waals surface area contributed by atoms with Crippen molar-refractivity contribution >= 4 is 17.3 Å². The lowest BCUT2D eigenvalue weighted by Crippen LogP contribution is -2.20. The van der Waals surface area contributed by atoms with Gasteiger partial charge in [-0.2, -0.15) is 0 Å². The summed E-state index contributed by atoms with van der Waals surface area (Å²) in [4.78, 5) is 26.6. The van der Waals surface area contributed by atoms with Crippen LogP contribution in [0, 0.1) is 6.92 Å². The van der Waals surface area contributed by atoms with Crippen molar-refractivity contribution in [3.05, 3.63) is 56.1 Å². The zero-order valence-corrected chi connectivity index (χ0v) is 10.0. The van der Waals surface area contributed by atoms with Gasteiger partial charge in [-0.05, 0) is 30.0 Å². The molecule has 0 fully saturated rings. The predicted molar refractivity (Wildman–Crippen MR) is 65.2 cm³/mol. The maximum atomic E-state index is 11.7. The number of aromatic amines is 1. The Morgan fingerprint density at radius 2 is 2.29 bits per heavy atom. The molecule has 0 saturated heterocycles. The Balaban J connectivity index is 2.13. The van der Waals surface area contributed by atoms with Crippen molar-refractivity contribution in [3.8, 4) is 0 Å². The van der Waals surface area contributed by atoms with E-state index in [1.165, 1.54) is 17.5 Å². The summed E-state index contributed by atoms with van der Waals surface area (Å²) in [5.41, 5.74) is 0.273. The van der Waals surface area contributed by atoms with E-state index in [1.807, 2.05) is 17.5 Å². The topological polar surface area (TPSA) is 59.2 Å². The van der Waals surface area contributed by atoms with E-state index >= 15 is 0 Å². The van der Waals surface area contributed by atoms with Gasteiger partial charge in [0.2, 0.25) is 0 Å². The van der Waals surface area contributed by atoms with Crippen LogP contribution in [0.5, 0.6) is 0 Å². The second-order valence-corrected chi connectivity index (χ2v) is 4.55. The van der Waals surface area contributed by atoms with Crippen LogP contribution in [0.15, 0.2) is 34.6 Å². The van der Waals surface area contributed by atoms with Gasteiger partial charge in [0.1, 0.15) is 12.2 Å². The highest BCUT2D eigenvalue weighted by molar-refractivity contribution is 7.09. The van der Waals surface area contributed by atoms with Crippen LogP contribution >= 0.6 is 11.3 Å². The fourth-order valence-electron chi connectivity index (χ4n) is 1.43. The summed E-state index contributed by atoms with van der Waals surface area (Å²) >= 11 is 1.51. The van der Waals surface area contributed by atoms with Crippen LogP contribution in [0.1, 0.15) is 20.8 Å². The minimum atomic E-state index is -0.585. The molecule has 0 aliphatic heterocycles. The lowest BCUT2D eigenvalue weighted by atomic mass is 10.1. The first kappa shape index (κ1) is 11.6. The summed E-state index contributed by atoms with van der Waals surface area (Å²) in [6.07, 6.45) is 1.51. The van der Waals surface area contributed by atoms with Gasteiger partial charge in [-0.15, -0.1) is 11.3 Å². The Labute approximate surface area is 102 Å². The van der Waals surface area contributed by atoms with Crippen molar-refractivity contribution in [2.75, 3.05) is 0 Å². The average Bonchev–Trinajstić information content (AvgIpc) is 2.79. The third-order valence-corrected chi connectivity index (χ3v) is 3.15. The lowest BCUT2D eigenvalue weighted by molar-refractivity contribution is 0.0474. The van der Waals surface area contributed by atoms with Gasteiger partial charge in [0.25, 0.3) is 5.56 Å². The smallest absolute Gasteiger partial charge is 0.344 e. The Morgan fingerprint density at radius 1 is 1.47 bits per heavy atom. The van der Waals surface area contributed by atoms with Crippen molar-refractivity contribution in [3.63, 3.8) is 0 Å². The Kier molecular flexibility index (Phi) is 3.39. The molecule has 0 atom stereocenters. The number of ether oxygens (including phenoxy) is 1. The highest BCUT2D eigenvalue weighted by Gasteiger charge is 2.14. The first-order valence-electron chi connectivity index (χ1n) is 5.06. The summed E-state index contributed by atoms with van der Waals surface area (Å²) in [7, 11) is 0. The van der Waals surface area contributed by atoms with E-state index in [2.05, 4.69) is 4.98 Å². The van der Waals surface area contributed by atoms with Gasteiger partial charge in [0, 0.05) is 11.1 Å². The molecular formula is C12H11NO3S. The maximum absolute atomic E-state index is 11.7. The molecule has 88 valence electrons. The van der Waals surface area contributed by atoms with Crippen molar-refractivity contribution in [2.45, 2.75) is 13.5 Å². The summed E-state index contributed by atoms with van der Waals surface area (Å²) < 4.78 is 5.09.